The fraction of sp³-hybridized carbons (Fsp3) is 0.308. The van der Waals surface area contributed by atoms with Crippen LogP contribution < -0.4 is 4.74 Å². The first-order valence-electron chi connectivity index (χ1n) is 5.27. The average Bonchev–Trinajstić information content (AvgIpc) is 2.34. The molecule has 1 aromatic rings. The molecule has 0 heterocycles. The van der Waals surface area contributed by atoms with Crippen LogP contribution in [0.4, 0.5) is 0 Å². The molecule has 0 amide bonds. The monoisotopic (exact) mass is 220 g/mol. The molecule has 0 bridgehead atoms. The molecule has 0 radical (unpaired) electrons. The van der Waals surface area contributed by atoms with Gasteiger partial charge in [0.2, 0.25) is 0 Å². The van der Waals surface area contributed by atoms with Crippen molar-refractivity contribution >= 4 is 5.97 Å². The van der Waals surface area contributed by atoms with Crippen molar-refractivity contribution in [2.24, 2.45) is 0 Å². The Bertz CT molecular complexity index is 355. The summed E-state index contributed by atoms with van der Waals surface area (Å²) in [5, 5.41) is 0. The number of methoxy groups -OCH3 is 1. The van der Waals surface area contributed by atoms with Gasteiger partial charge >= 0.3 is 5.97 Å². The van der Waals surface area contributed by atoms with Crippen molar-refractivity contribution in [3.8, 4) is 5.75 Å². The maximum atomic E-state index is 11.4. The number of carbonyl (C=O) groups is 1. The van der Waals surface area contributed by atoms with Gasteiger partial charge in [-0.15, -0.1) is 0 Å². The smallest absolute Gasteiger partial charge is 0.336 e. The molecule has 3 heteroatoms. The lowest BCUT2D eigenvalue weighted by molar-refractivity contribution is -0.136. The maximum absolute atomic E-state index is 11.4. The molecule has 0 fully saturated rings. The molecule has 0 aliphatic heterocycles. The summed E-state index contributed by atoms with van der Waals surface area (Å²) in [7, 11) is 1.37. The Balaban J connectivity index is 2.68. The molecular formula is C13H16O3. The van der Waals surface area contributed by atoms with Gasteiger partial charge < -0.3 is 9.47 Å². The molecule has 0 aliphatic carbocycles. The van der Waals surface area contributed by atoms with Crippen LogP contribution in [0.3, 0.4) is 0 Å². The number of rotatable bonds is 5. The van der Waals surface area contributed by atoms with E-state index in [9.17, 15) is 4.79 Å². The first kappa shape index (κ1) is 12.3. The summed E-state index contributed by atoms with van der Waals surface area (Å²) in [5.74, 6) is 0.373. The molecule has 86 valence electrons. The van der Waals surface area contributed by atoms with Crippen molar-refractivity contribution in [1.29, 1.82) is 0 Å². The number of esters is 1. The Labute approximate surface area is 95.7 Å². The Kier molecular flexibility index (Phi) is 5.12. The predicted molar refractivity (Wildman–Crippen MR) is 62.1 cm³/mol. The van der Waals surface area contributed by atoms with E-state index in [1.54, 1.807) is 0 Å². The molecule has 0 spiro atoms. The van der Waals surface area contributed by atoms with E-state index in [1.165, 1.54) is 13.4 Å². The molecule has 0 saturated heterocycles. The normalized spacial score (nSPS) is 11.0. The van der Waals surface area contributed by atoms with Crippen molar-refractivity contribution in [2.75, 3.05) is 7.11 Å². The number of para-hydroxylation sites is 1. The highest BCUT2D eigenvalue weighted by molar-refractivity contribution is 5.88. The zero-order valence-corrected chi connectivity index (χ0v) is 9.60. The molecule has 0 unspecified atom stereocenters. The molecule has 0 N–H and O–H groups in total. The lowest BCUT2D eigenvalue weighted by Crippen LogP contribution is -2.06. The summed E-state index contributed by atoms with van der Waals surface area (Å²) >= 11 is 0. The summed E-state index contributed by atoms with van der Waals surface area (Å²) in [5.41, 5.74) is 0.550. The number of hydrogen-bond donors (Lipinski definition) is 0. The van der Waals surface area contributed by atoms with Gasteiger partial charge in [0, 0.05) is 0 Å². The second-order valence-corrected chi connectivity index (χ2v) is 3.32. The highest BCUT2D eigenvalue weighted by Gasteiger charge is 2.08. The minimum atomic E-state index is -0.335. The summed E-state index contributed by atoms with van der Waals surface area (Å²) in [6.07, 6.45) is 2.99. The van der Waals surface area contributed by atoms with E-state index >= 15 is 0 Å². The van der Waals surface area contributed by atoms with Crippen molar-refractivity contribution in [1.82, 2.24) is 0 Å². The Morgan fingerprint density at radius 1 is 1.31 bits per heavy atom. The summed E-state index contributed by atoms with van der Waals surface area (Å²) in [6, 6.07) is 9.32. The van der Waals surface area contributed by atoms with Crippen LogP contribution in [-0.4, -0.2) is 13.1 Å². The number of benzene rings is 1. The quantitative estimate of drug-likeness (QED) is 0.435. The molecule has 1 rings (SSSR count). The van der Waals surface area contributed by atoms with Crippen molar-refractivity contribution in [2.45, 2.75) is 19.8 Å². The third kappa shape index (κ3) is 3.77. The fourth-order valence-electron chi connectivity index (χ4n) is 1.25. The van der Waals surface area contributed by atoms with Crippen LogP contribution in [-0.2, 0) is 9.53 Å². The van der Waals surface area contributed by atoms with Crippen LogP contribution in [0.2, 0.25) is 0 Å². The number of ether oxygens (including phenoxy) is 2. The molecule has 0 aliphatic rings. The number of hydrogen-bond acceptors (Lipinski definition) is 3. The highest BCUT2D eigenvalue weighted by atomic mass is 16.5. The second-order valence-electron chi connectivity index (χ2n) is 3.32. The average molecular weight is 220 g/mol. The molecule has 0 saturated carbocycles. The molecule has 1 aromatic carbocycles. The lowest BCUT2D eigenvalue weighted by Gasteiger charge is -2.04. The van der Waals surface area contributed by atoms with E-state index in [-0.39, 0.29) is 5.97 Å². The molecular weight excluding hydrogens is 204 g/mol. The zero-order valence-electron chi connectivity index (χ0n) is 9.60. The Morgan fingerprint density at radius 2 is 2.00 bits per heavy atom. The maximum Gasteiger partial charge on any atom is 0.336 e. The molecule has 16 heavy (non-hydrogen) atoms. The third-order valence-corrected chi connectivity index (χ3v) is 2.05. The first-order valence-corrected chi connectivity index (χ1v) is 5.27. The van der Waals surface area contributed by atoms with E-state index in [0.717, 1.165) is 6.42 Å². The fourth-order valence-corrected chi connectivity index (χ4v) is 1.25. The van der Waals surface area contributed by atoms with Gasteiger partial charge in [0.15, 0.2) is 0 Å². The van der Waals surface area contributed by atoms with E-state index in [4.69, 9.17) is 4.74 Å². The standard InChI is InChI=1S/C13H16O3/c1-3-7-11(13(14)15-2)10-16-12-8-5-4-6-9-12/h4-6,8-10H,3,7H2,1-2H3. The Hall–Kier alpha value is -1.77. The van der Waals surface area contributed by atoms with Crippen molar-refractivity contribution in [3.63, 3.8) is 0 Å². The van der Waals surface area contributed by atoms with Crippen LogP contribution in [0.1, 0.15) is 19.8 Å². The van der Waals surface area contributed by atoms with Gasteiger partial charge in [-0.3, -0.25) is 0 Å². The summed E-state index contributed by atoms with van der Waals surface area (Å²) in [6.45, 7) is 2.00. The van der Waals surface area contributed by atoms with Gasteiger partial charge in [-0.2, -0.15) is 0 Å². The topological polar surface area (TPSA) is 35.5 Å². The van der Waals surface area contributed by atoms with Crippen molar-refractivity contribution in [3.05, 3.63) is 42.2 Å². The van der Waals surface area contributed by atoms with Crippen LogP contribution >= 0.6 is 0 Å². The summed E-state index contributed by atoms with van der Waals surface area (Å²) < 4.78 is 10.0. The zero-order chi connectivity index (χ0) is 11.8. The largest absolute Gasteiger partial charge is 0.466 e. The molecule has 3 nitrogen and oxygen atoms in total. The molecule has 0 atom stereocenters. The number of carbonyl (C=O) groups excluding carboxylic acids is 1. The van der Waals surface area contributed by atoms with Gasteiger partial charge in [0.1, 0.15) is 12.0 Å². The van der Waals surface area contributed by atoms with Gasteiger partial charge in [-0.05, 0) is 18.6 Å². The van der Waals surface area contributed by atoms with Crippen molar-refractivity contribution < 1.29 is 14.3 Å². The van der Waals surface area contributed by atoms with Gasteiger partial charge in [0.25, 0.3) is 0 Å². The predicted octanol–water partition coefficient (Wildman–Crippen LogP) is 2.92. The lowest BCUT2D eigenvalue weighted by atomic mass is 10.2. The second kappa shape index (κ2) is 6.67. The Morgan fingerprint density at radius 3 is 2.56 bits per heavy atom. The van der Waals surface area contributed by atoms with E-state index in [0.29, 0.717) is 17.7 Å². The minimum Gasteiger partial charge on any atom is -0.466 e. The van der Waals surface area contributed by atoms with Crippen LogP contribution in [0.15, 0.2) is 42.2 Å². The van der Waals surface area contributed by atoms with Gasteiger partial charge in [0.05, 0.1) is 12.7 Å². The SMILES string of the molecule is CCCC(=COc1ccccc1)C(=O)OC. The first-order chi connectivity index (χ1) is 7.77. The van der Waals surface area contributed by atoms with Crippen LogP contribution in [0, 0.1) is 0 Å². The molecule has 0 aromatic heterocycles. The summed E-state index contributed by atoms with van der Waals surface area (Å²) in [4.78, 5) is 11.4. The highest BCUT2D eigenvalue weighted by Crippen LogP contribution is 2.12. The van der Waals surface area contributed by atoms with Crippen LogP contribution in [0.5, 0.6) is 5.75 Å². The van der Waals surface area contributed by atoms with Gasteiger partial charge in [-0.1, -0.05) is 31.5 Å². The van der Waals surface area contributed by atoms with E-state index in [2.05, 4.69) is 4.74 Å². The minimum absolute atomic E-state index is 0.335. The van der Waals surface area contributed by atoms with E-state index < -0.39 is 0 Å². The van der Waals surface area contributed by atoms with E-state index in [1.807, 2.05) is 37.3 Å². The van der Waals surface area contributed by atoms with Crippen LogP contribution in [0.25, 0.3) is 0 Å². The van der Waals surface area contributed by atoms with Gasteiger partial charge in [-0.25, -0.2) is 4.79 Å². The third-order valence-electron chi connectivity index (χ3n) is 2.05.